The van der Waals surface area contributed by atoms with Crippen molar-refractivity contribution in [2.75, 3.05) is 44.7 Å². The zero-order valence-corrected chi connectivity index (χ0v) is 15.6. The Balaban J connectivity index is 2.02. The Hall–Kier alpha value is -2.38. The summed E-state index contributed by atoms with van der Waals surface area (Å²) in [5, 5.41) is -0.788. The van der Waals surface area contributed by atoms with E-state index in [2.05, 4.69) is 11.5 Å². The summed E-state index contributed by atoms with van der Waals surface area (Å²) >= 11 is 5.58. The van der Waals surface area contributed by atoms with Crippen LogP contribution < -0.4 is 15.1 Å². The minimum Gasteiger partial charge on any atom is -0.487 e. The van der Waals surface area contributed by atoms with Gasteiger partial charge in [0.25, 0.3) is 5.24 Å². The van der Waals surface area contributed by atoms with E-state index in [9.17, 15) is 9.59 Å². The summed E-state index contributed by atoms with van der Waals surface area (Å²) in [4.78, 5) is 28.5. The van der Waals surface area contributed by atoms with Crippen LogP contribution in [0.1, 0.15) is 16.4 Å². The Morgan fingerprint density at radius 3 is 2.70 bits per heavy atom. The summed E-state index contributed by atoms with van der Waals surface area (Å²) in [5.41, 5.74) is 0.0413. The van der Waals surface area contributed by atoms with Gasteiger partial charge < -0.3 is 19.1 Å². The molecule has 2 aromatic rings. The van der Waals surface area contributed by atoms with Gasteiger partial charge in [0.15, 0.2) is 11.6 Å². The second kappa shape index (κ2) is 6.65. The Bertz CT molecular complexity index is 1010. The molecule has 0 radical (unpaired) electrons. The van der Waals surface area contributed by atoms with E-state index in [0.717, 1.165) is 13.1 Å². The van der Waals surface area contributed by atoms with Crippen molar-refractivity contribution in [2.24, 2.45) is 0 Å². The van der Waals surface area contributed by atoms with Crippen LogP contribution in [0.3, 0.4) is 0 Å². The van der Waals surface area contributed by atoms with E-state index in [0.29, 0.717) is 30.0 Å². The zero-order valence-electron chi connectivity index (χ0n) is 14.9. The first kappa shape index (κ1) is 18.0. The van der Waals surface area contributed by atoms with E-state index in [1.54, 1.807) is 10.6 Å². The number of likely N-dealkylation sites (N-methyl/N-ethyl adjacent to an activating group) is 1. The number of piperazine rings is 1. The molecular weight excluding hydrogens is 373 g/mol. The zero-order chi connectivity index (χ0) is 19.3. The van der Waals surface area contributed by atoms with Crippen molar-refractivity contribution in [3.05, 3.63) is 46.5 Å². The molecule has 4 rings (SSSR count). The number of halogens is 2. The number of aromatic nitrogens is 1. The average Bonchev–Trinajstić information content (AvgIpc) is 2.65. The van der Waals surface area contributed by atoms with Crippen LogP contribution in [0.15, 0.2) is 29.7 Å². The highest BCUT2D eigenvalue weighted by molar-refractivity contribution is 6.67. The van der Waals surface area contributed by atoms with Crippen LogP contribution in [0.2, 0.25) is 0 Å². The van der Waals surface area contributed by atoms with Crippen LogP contribution in [0.25, 0.3) is 10.9 Å². The Labute approximate surface area is 160 Å². The largest absolute Gasteiger partial charge is 0.487 e. The number of nitrogens with zero attached hydrogens (tertiary/aromatic N) is 3. The molecule has 0 aliphatic carbocycles. The number of hydrogen-bond donors (Lipinski definition) is 0. The molecule has 27 heavy (non-hydrogen) atoms. The van der Waals surface area contributed by atoms with Crippen LogP contribution >= 0.6 is 11.6 Å². The minimum absolute atomic E-state index is 0.0819. The lowest BCUT2D eigenvalue weighted by Gasteiger charge is -2.37. The highest BCUT2D eigenvalue weighted by Crippen LogP contribution is 2.42. The first-order valence-electron chi connectivity index (χ1n) is 8.72. The van der Waals surface area contributed by atoms with E-state index in [1.165, 1.54) is 12.3 Å². The molecule has 0 N–H and O–H groups in total. The van der Waals surface area contributed by atoms with Crippen molar-refractivity contribution < 1.29 is 13.9 Å². The van der Waals surface area contributed by atoms with Gasteiger partial charge in [-0.25, -0.2) is 4.39 Å². The highest BCUT2D eigenvalue weighted by atomic mass is 35.5. The number of benzene rings is 1. The van der Waals surface area contributed by atoms with Crippen LogP contribution in [0.4, 0.5) is 10.1 Å². The highest BCUT2D eigenvalue weighted by Gasteiger charge is 2.31. The smallest absolute Gasteiger partial charge is 0.257 e. The number of anilines is 1. The summed E-state index contributed by atoms with van der Waals surface area (Å²) in [6.07, 6.45) is 3.08. The fraction of sp³-hybridized carbons (Fsp3) is 0.368. The Morgan fingerprint density at radius 2 is 2.07 bits per heavy atom. The first-order valence-corrected chi connectivity index (χ1v) is 9.10. The Morgan fingerprint density at radius 1 is 1.37 bits per heavy atom. The lowest BCUT2D eigenvalue weighted by molar-refractivity contribution is 0.107. The number of pyridine rings is 1. The summed E-state index contributed by atoms with van der Waals surface area (Å²) in [5.74, 6) is -0.208. The maximum atomic E-state index is 15.1. The van der Waals surface area contributed by atoms with Gasteiger partial charge in [0.2, 0.25) is 5.43 Å². The predicted octanol–water partition coefficient (Wildman–Crippen LogP) is 2.39. The van der Waals surface area contributed by atoms with Gasteiger partial charge in [0.05, 0.1) is 22.5 Å². The summed E-state index contributed by atoms with van der Waals surface area (Å²) < 4.78 is 22.7. The third-order valence-corrected chi connectivity index (χ3v) is 5.46. The fourth-order valence-corrected chi connectivity index (χ4v) is 3.87. The van der Waals surface area contributed by atoms with Gasteiger partial charge >= 0.3 is 0 Å². The maximum absolute atomic E-state index is 15.1. The average molecular weight is 392 g/mol. The van der Waals surface area contributed by atoms with Crippen molar-refractivity contribution in [3.63, 3.8) is 0 Å². The van der Waals surface area contributed by atoms with E-state index in [4.69, 9.17) is 16.3 Å². The molecule has 1 fully saturated rings. The molecule has 2 aliphatic rings. The minimum atomic E-state index is -0.870. The molecule has 0 spiro atoms. The van der Waals surface area contributed by atoms with E-state index >= 15 is 4.39 Å². The molecule has 0 unspecified atom stereocenters. The van der Waals surface area contributed by atoms with E-state index < -0.39 is 16.5 Å². The standard InChI is InChI=1S/C19H19ClFN3O3/c1-3-11-10-27-18-15-12(17(25)13(19(20)26)9-24(11)15)8-14(21)16(18)23-6-4-22(2)5-7-23/h3,8-9,11H,1,4-7,10H2,2H3/t11-/m0/s1. The number of carbonyl (C=O) groups is 1. The van der Waals surface area contributed by atoms with Crippen molar-refractivity contribution in [3.8, 4) is 5.75 Å². The van der Waals surface area contributed by atoms with Crippen LogP contribution in [0.5, 0.6) is 5.75 Å². The molecule has 1 saturated heterocycles. The van der Waals surface area contributed by atoms with Crippen molar-refractivity contribution in [1.82, 2.24) is 9.47 Å². The lowest BCUT2D eigenvalue weighted by atomic mass is 10.1. The monoisotopic (exact) mass is 391 g/mol. The fourth-order valence-electron chi connectivity index (χ4n) is 3.74. The summed E-state index contributed by atoms with van der Waals surface area (Å²) in [6.45, 7) is 6.94. The van der Waals surface area contributed by atoms with Crippen LogP contribution in [-0.4, -0.2) is 54.5 Å². The second-order valence-corrected chi connectivity index (χ2v) is 7.23. The molecule has 1 aromatic heterocycles. The van der Waals surface area contributed by atoms with Crippen molar-refractivity contribution in [1.29, 1.82) is 0 Å². The van der Waals surface area contributed by atoms with Gasteiger partial charge in [-0.3, -0.25) is 9.59 Å². The number of carbonyl (C=O) groups excluding carboxylic acids is 1. The normalized spacial score (nSPS) is 19.8. The molecule has 8 heteroatoms. The molecule has 1 aromatic carbocycles. The molecule has 2 aliphatic heterocycles. The van der Waals surface area contributed by atoms with Gasteiger partial charge in [-0.05, 0) is 24.7 Å². The molecule has 1 atom stereocenters. The first-order chi connectivity index (χ1) is 12.9. The second-order valence-electron chi connectivity index (χ2n) is 6.89. The van der Waals surface area contributed by atoms with Gasteiger partial charge in [0.1, 0.15) is 12.3 Å². The predicted molar refractivity (Wildman–Crippen MR) is 103 cm³/mol. The van der Waals surface area contributed by atoms with Gasteiger partial charge in [0, 0.05) is 32.4 Å². The number of ether oxygens (including phenoxy) is 1. The topological polar surface area (TPSA) is 54.8 Å². The van der Waals surface area contributed by atoms with Gasteiger partial charge in [-0.1, -0.05) is 6.08 Å². The molecule has 3 heterocycles. The quantitative estimate of drug-likeness (QED) is 0.594. The SMILES string of the molecule is C=C[C@H]1COc2c(N3CCN(C)CC3)c(F)cc3c(=O)c(C(=O)Cl)cn1c23. The van der Waals surface area contributed by atoms with E-state index in [-0.39, 0.29) is 23.6 Å². The van der Waals surface area contributed by atoms with E-state index in [1.807, 2.05) is 11.9 Å². The molecule has 0 amide bonds. The maximum Gasteiger partial charge on any atom is 0.257 e. The summed E-state index contributed by atoms with van der Waals surface area (Å²) in [6, 6.07) is 0.893. The number of rotatable bonds is 3. The lowest BCUT2D eigenvalue weighted by Crippen LogP contribution is -2.45. The number of hydrogen-bond acceptors (Lipinski definition) is 5. The van der Waals surface area contributed by atoms with Crippen molar-refractivity contribution in [2.45, 2.75) is 6.04 Å². The molecular formula is C19H19ClFN3O3. The molecule has 142 valence electrons. The Kier molecular flexibility index (Phi) is 4.44. The van der Waals surface area contributed by atoms with Crippen LogP contribution in [0, 0.1) is 5.82 Å². The van der Waals surface area contributed by atoms with Crippen LogP contribution in [-0.2, 0) is 0 Å². The van der Waals surface area contributed by atoms with Crippen molar-refractivity contribution >= 4 is 33.4 Å². The third kappa shape index (κ3) is 2.82. The van der Waals surface area contributed by atoms with Gasteiger partial charge in [-0.15, -0.1) is 6.58 Å². The van der Waals surface area contributed by atoms with Gasteiger partial charge in [-0.2, -0.15) is 0 Å². The summed E-state index contributed by atoms with van der Waals surface area (Å²) in [7, 11) is 2.02. The molecule has 0 bridgehead atoms. The molecule has 6 nitrogen and oxygen atoms in total. The molecule has 0 saturated carbocycles. The third-order valence-electron chi connectivity index (χ3n) is 5.26.